The summed E-state index contributed by atoms with van der Waals surface area (Å²) in [4.78, 5) is 20.9. The number of hydrogen-bond acceptors (Lipinski definition) is 5. The topological polar surface area (TPSA) is 36.4 Å². The molecular weight excluding hydrogens is 270 g/mol. The van der Waals surface area contributed by atoms with Gasteiger partial charge < -0.3 is 4.90 Å². The first kappa shape index (κ1) is 13.3. The van der Waals surface area contributed by atoms with E-state index in [2.05, 4.69) is 14.8 Å². The van der Waals surface area contributed by atoms with E-state index in [0.29, 0.717) is 0 Å². The summed E-state index contributed by atoms with van der Waals surface area (Å²) in [5.41, 5.74) is 3.82. The second-order valence-electron chi connectivity index (χ2n) is 4.94. The number of nitrogens with zero attached hydrogens (tertiary/aromatic N) is 3. The average Bonchev–Trinajstić information content (AvgIpc) is 3.01. The van der Waals surface area contributed by atoms with E-state index in [1.54, 1.807) is 11.3 Å². The predicted molar refractivity (Wildman–Crippen MR) is 81.4 cm³/mol. The van der Waals surface area contributed by atoms with Crippen LogP contribution >= 0.6 is 11.3 Å². The Balaban J connectivity index is 1.56. The predicted octanol–water partition coefficient (Wildman–Crippen LogP) is 2.28. The third-order valence-electron chi connectivity index (χ3n) is 3.63. The number of carbonyl (C=O) groups excluding carboxylic acids is 1. The second-order valence-corrected chi connectivity index (χ2v) is 5.91. The highest BCUT2D eigenvalue weighted by Gasteiger charge is 2.17. The molecule has 2 heterocycles. The molecule has 1 saturated heterocycles. The maximum atomic E-state index is 10.7. The molecule has 0 radical (unpaired) electrons. The minimum absolute atomic E-state index is 0.734. The summed E-state index contributed by atoms with van der Waals surface area (Å²) in [5.74, 6) is 0. The zero-order chi connectivity index (χ0) is 13.8. The normalized spacial score (nSPS) is 16.3. The maximum absolute atomic E-state index is 10.7. The van der Waals surface area contributed by atoms with E-state index in [9.17, 15) is 4.79 Å². The van der Waals surface area contributed by atoms with Gasteiger partial charge in [0.1, 0.15) is 6.29 Å². The number of rotatable bonds is 4. The van der Waals surface area contributed by atoms with Crippen LogP contribution in [-0.4, -0.2) is 42.3 Å². The van der Waals surface area contributed by atoms with Gasteiger partial charge in [-0.3, -0.25) is 14.7 Å². The highest BCUT2D eigenvalue weighted by Crippen LogP contribution is 2.18. The lowest BCUT2D eigenvalue weighted by Crippen LogP contribution is -2.45. The van der Waals surface area contributed by atoms with Crippen molar-refractivity contribution in [3.05, 3.63) is 46.4 Å². The highest BCUT2D eigenvalue weighted by atomic mass is 32.1. The molecule has 0 spiro atoms. The van der Waals surface area contributed by atoms with Gasteiger partial charge in [0.05, 0.1) is 5.51 Å². The van der Waals surface area contributed by atoms with Crippen molar-refractivity contribution in [2.24, 2.45) is 0 Å². The Morgan fingerprint density at radius 3 is 2.50 bits per heavy atom. The maximum Gasteiger partial charge on any atom is 0.150 e. The van der Waals surface area contributed by atoms with Crippen LogP contribution in [0.2, 0.25) is 0 Å². The molecule has 0 amide bonds. The third-order valence-corrected chi connectivity index (χ3v) is 4.39. The summed E-state index contributed by atoms with van der Waals surface area (Å²) in [7, 11) is 0. The van der Waals surface area contributed by atoms with Crippen LogP contribution in [-0.2, 0) is 6.54 Å². The fourth-order valence-corrected chi connectivity index (χ4v) is 3.10. The summed E-state index contributed by atoms with van der Waals surface area (Å²) in [6.45, 7) is 5.18. The molecule has 1 fully saturated rings. The Bertz CT molecular complexity index is 545. The van der Waals surface area contributed by atoms with E-state index >= 15 is 0 Å². The highest BCUT2D eigenvalue weighted by molar-refractivity contribution is 7.09. The molecule has 1 aliphatic heterocycles. The number of piperazine rings is 1. The lowest BCUT2D eigenvalue weighted by molar-refractivity contribution is 0.112. The zero-order valence-corrected chi connectivity index (χ0v) is 12.1. The van der Waals surface area contributed by atoms with Crippen molar-refractivity contribution in [1.29, 1.82) is 0 Å². The Morgan fingerprint density at radius 1 is 1.15 bits per heavy atom. The van der Waals surface area contributed by atoms with Gasteiger partial charge in [0.25, 0.3) is 0 Å². The zero-order valence-electron chi connectivity index (χ0n) is 11.2. The summed E-state index contributed by atoms with van der Waals surface area (Å²) in [5, 5.41) is 0. The van der Waals surface area contributed by atoms with Gasteiger partial charge in [-0.2, -0.15) is 0 Å². The van der Waals surface area contributed by atoms with Gasteiger partial charge in [-0.05, 0) is 24.3 Å². The molecule has 104 valence electrons. The molecule has 0 bridgehead atoms. The van der Waals surface area contributed by atoms with Gasteiger partial charge in [0.15, 0.2) is 0 Å². The molecule has 5 heteroatoms. The standard InChI is InChI=1S/C15H17N3OS/c19-11-13-1-3-14(4-2-13)18-7-5-17(6-8-18)10-15-9-16-12-20-15/h1-4,9,11-12H,5-8,10H2. The van der Waals surface area contributed by atoms with Crippen molar-refractivity contribution in [1.82, 2.24) is 9.88 Å². The molecule has 1 aliphatic rings. The Kier molecular flexibility index (Phi) is 4.08. The van der Waals surface area contributed by atoms with E-state index < -0.39 is 0 Å². The monoisotopic (exact) mass is 287 g/mol. The fraction of sp³-hybridized carbons (Fsp3) is 0.333. The number of carbonyl (C=O) groups is 1. The van der Waals surface area contributed by atoms with Crippen molar-refractivity contribution in [3.8, 4) is 0 Å². The lowest BCUT2D eigenvalue weighted by atomic mass is 10.2. The minimum atomic E-state index is 0.734. The third kappa shape index (κ3) is 3.05. The number of aromatic nitrogens is 1. The van der Waals surface area contributed by atoms with Gasteiger partial charge in [-0.25, -0.2) is 0 Å². The number of thiazole rings is 1. The van der Waals surface area contributed by atoms with Gasteiger partial charge in [0, 0.05) is 55.0 Å². The fourth-order valence-electron chi connectivity index (χ4n) is 2.47. The minimum Gasteiger partial charge on any atom is -0.369 e. The molecule has 0 N–H and O–H groups in total. The van der Waals surface area contributed by atoms with Gasteiger partial charge in [-0.1, -0.05) is 0 Å². The summed E-state index contributed by atoms with van der Waals surface area (Å²) < 4.78 is 0. The lowest BCUT2D eigenvalue weighted by Gasteiger charge is -2.35. The quantitative estimate of drug-likeness (QED) is 0.808. The van der Waals surface area contributed by atoms with Crippen molar-refractivity contribution >= 4 is 23.3 Å². The van der Waals surface area contributed by atoms with Gasteiger partial charge in [-0.15, -0.1) is 11.3 Å². The number of hydrogen-bond donors (Lipinski definition) is 0. The van der Waals surface area contributed by atoms with Crippen LogP contribution in [0, 0.1) is 0 Å². The summed E-state index contributed by atoms with van der Waals surface area (Å²) in [6, 6.07) is 7.82. The van der Waals surface area contributed by atoms with Crippen LogP contribution < -0.4 is 4.90 Å². The van der Waals surface area contributed by atoms with Crippen molar-refractivity contribution in [2.75, 3.05) is 31.1 Å². The van der Waals surface area contributed by atoms with E-state index in [1.165, 1.54) is 10.6 Å². The largest absolute Gasteiger partial charge is 0.369 e. The van der Waals surface area contributed by atoms with Crippen LogP contribution in [0.4, 0.5) is 5.69 Å². The Labute approximate surface area is 122 Å². The van der Waals surface area contributed by atoms with Crippen LogP contribution in [0.25, 0.3) is 0 Å². The smallest absolute Gasteiger partial charge is 0.150 e. The van der Waals surface area contributed by atoms with Crippen molar-refractivity contribution in [2.45, 2.75) is 6.54 Å². The van der Waals surface area contributed by atoms with E-state index in [4.69, 9.17) is 0 Å². The molecule has 0 aliphatic carbocycles. The second kappa shape index (κ2) is 6.15. The first-order valence-electron chi connectivity index (χ1n) is 6.75. The molecule has 0 atom stereocenters. The van der Waals surface area contributed by atoms with Crippen molar-refractivity contribution in [3.63, 3.8) is 0 Å². The van der Waals surface area contributed by atoms with Gasteiger partial charge >= 0.3 is 0 Å². The number of anilines is 1. The molecule has 1 aromatic heterocycles. The van der Waals surface area contributed by atoms with Crippen molar-refractivity contribution < 1.29 is 4.79 Å². The van der Waals surface area contributed by atoms with Gasteiger partial charge in [0.2, 0.25) is 0 Å². The first-order valence-corrected chi connectivity index (χ1v) is 7.63. The van der Waals surface area contributed by atoms with Crippen LogP contribution in [0.1, 0.15) is 15.2 Å². The molecular formula is C15H17N3OS. The van der Waals surface area contributed by atoms with Crippen LogP contribution in [0.15, 0.2) is 36.0 Å². The van der Waals surface area contributed by atoms with E-state index in [0.717, 1.165) is 44.6 Å². The number of benzene rings is 1. The molecule has 20 heavy (non-hydrogen) atoms. The molecule has 2 aromatic rings. The van der Waals surface area contributed by atoms with E-state index in [-0.39, 0.29) is 0 Å². The summed E-state index contributed by atoms with van der Waals surface area (Å²) >= 11 is 1.72. The SMILES string of the molecule is O=Cc1ccc(N2CCN(Cc3cncs3)CC2)cc1. The Hall–Kier alpha value is -1.72. The molecule has 0 saturated carbocycles. The summed E-state index contributed by atoms with van der Waals surface area (Å²) in [6.07, 6.45) is 2.84. The first-order chi connectivity index (χ1) is 9.85. The van der Waals surface area contributed by atoms with Crippen LogP contribution in [0.3, 0.4) is 0 Å². The molecule has 4 nitrogen and oxygen atoms in total. The van der Waals surface area contributed by atoms with Crippen LogP contribution in [0.5, 0.6) is 0 Å². The van der Waals surface area contributed by atoms with E-state index in [1.807, 2.05) is 36.0 Å². The molecule has 3 rings (SSSR count). The average molecular weight is 287 g/mol. The number of aldehydes is 1. The molecule has 1 aromatic carbocycles. The Morgan fingerprint density at radius 2 is 1.90 bits per heavy atom. The molecule has 0 unspecified atom stereocenters.